The molecule has 18 heavy (non-hydrogen) atoms. The Balaban J connectivity index is 1.97. The summed E-state index contributed by atoms with van der Waals surface area (Å²) in [5.74, 6) is 0.332. The van der Waals surface area contributed by atoms with Gasteiger partial charge in [0.25, 0.3) is 0 Å². The molecule has 0 aromatic carbocycles. The highest BCUT2D eigenvalue weighted by atomic mass is 32.2. The average molecular weight is 275 g/mol. The van der Waals surface area contributed by atoms with E-state index >= 15 is 0 Å². The first-order valence-corrected chi connectivity index (χ1v) is 8.02. The lowest BCUT2D eigenvalue weighted by atomic mass is 9.86. The summed E-state index contributed by atoms with van der Waals surface area (Å²) in [6.45, 7) is 3.77. The number of piperazine rings is 1. The van der Waals surface area contributed by atoms with E-state index in [-0.39, 0.29) is 5.37 Å². The lowest BCUT2D eigenvalue weighted by Gasteiger charge is -2.41. The van der Waals surface area contributed by atoms with E-state index in [1.54, 1.807) is 0 Å². The van der Waals surface area contributed by atoms with Gasteiger partial charge in [-0.15, -0.1) is 0 Å². The van der Waals surface area contributed by atoms with Crippen LogP contribution in [0.15, 0.2) is 0 Å². The lowest BCUT2D eigenvalue weighted by molar-refractivity contribution is 0.102. The van der Waals surface area contributed by atoms with Crippen LogP contribution in [0, 0.1) is 5.92 Å². The molecule has 2 unspecified atom stereocenters. The molecule has 0 amide bonds. The van der Waals surface area contributed by atoms with Gasteiger partial charge in [0, 0.05) is 32.2 Å². The fourth-order valence-electron chi connectivity index (χ4n) is 3.10. The number of likely N-dealkylation sites (N-methyl/N-ethyl adjacent to an activating group) is 1. The number of hydrogen-bond acceptors (Lipinski definition) is 4. The molecule has 2 atom stereocenters. The third-order valence-corrected chi connectivity index (χ3v) is 5.42. The van der Waals surface area contributed by atoms with Crippen molar-refractivity contribution in [1.82, 2.24) is 9.80 Å². The summed E-state index contributed by atoms with van der Waals surface area (Å²) in [4.78, 5) is 4.47. The van der Waals surface area contributed by atoms with Gasteiger partial charge >= 0.3 is 0 Å². The van der Waals surface area contributed by atoms with Crippen molar-refractivity contribution in [3.63, 3.8) is 0 Å². The van der Waals surface area contributed by atoms with Crippen molar-refractivity contribution in [3.05, 3.63) is 0 Å². The topological polar surface area (TPSA) is 69.8 Å². The molecule has 2 fully saturated rings. The van der Waals surface area contributed by atoms with Gasteiger partial charge < -0.3 is 15.2 Å². The highest BCUT2D eigenvalue weighted by Crippen LogP contribution is 2.30. The van der Waals surface area contributed by atoms with Crippen LogP contribution in [0.5, 0.6) is 0 Å². The summed E-state index contributed by atoms with van der Waals surface area (Å²) in [5.41, 5.74) is 5.91. The van der Waals surface area contributed by atoms with E-state index in [1.807, 2.05) is 0 Å². The molecule has 0 aromatic rings. The molecule has 1 saturated carbocycles. The van der Waals surface area contributed by atoms with E-state index in [1.165, 1.54) is 0 Å². The summed E-state index contributed by atoms with van der Waals surface area (Å²) in [6.07, 6.45) is 3.97. The normalized spacial score (nSPS) is 35.3. The van der Waals surface area contributed by atoms with Crippen LogP contribution in [0.25, 0.3) is 0 Å². The van der Waals surface area contributed by atoms with Crippen molar-refractivity contribution >= 4 is 11.1 Å². The Morgan fingerprint density at radius 3 is 2.22 bits per heavy atom. The Morgan fingerprint density at radius 2 is 1.72 bits per heavy atom. The van der Waals surface area contributed by atoms with Crippen LogP contribution < -0.4 is 5.73 Å². The molecule has 1 saturated heterocycles. The zero-order chi connectivity index (χ0) is 13.1. The first-order valence-electron chi connectivity index (χ1n) is 6.85. The monoisotopic (exact) mass is 275 g/mol. The third-order valence-electron chi connectivity index (χ3n) is 4.32. The highest BCUT2D eigenvalue weighted by molar-refractivity contribution is 7.79. The van der Waals surface area contributed by atoms with Crippen LogP contribution in [-0.2, 0) is 11.1 Å². The van der Waals surface area contributed by atoms with Gasteiger partial charge in [-0.2, -0.15) is 0 Å². The lowest BCUT2D eigenvalue weighted by Crippen LogP contribution is -2.53. The van der Waals surface area contributed by atoms with E-state index < -0.39 is 11.1 Å². The van der Waals surface area contributed by atoms with Crippen LogP contribution in [-0.4, -0.2) is 63.2 Å². The fourth-order valence-corrected chi connectivity index (χ4v) is 4.16. The van der Waals surface area contributed by atoms with Gasteiger partial charge in [0.15, 0.2) is 11.1 Å². The van der Waals surface area contributed by atoms with Gasteiger partial charge in [0.05, 0.1) is 0 Å². The molecule has 0 radical (unpaired) electrons. The first-order chi connectivity index (χ1) is 8.58. The van der Waals surface area contributed by atoms with Crippen molar-refractivity contribution in [1.29, 1.82) is 0 Å². The van der Waals surface area contributed by atoms with Gasteiger partial charge in [-0.25, -0.2) is 4.21 Å². The third kappa shape index (κ3) is 3.51. The molecule has 1 aliphatic carbocycles. The van der Waals surface area contributed by atoms with Crippen molar-refractivity contribution in [2.24, 2.45) is 11.7 Å². The summed E-state index contributed by atoms with van der Waals surface area (Å²) in [7, 11) is 2.10. The maximum Gasteiger partial charge on any atom is 0.171 e. The molecular formula is C12H25N3O2S. The predicted octanol–water partition coefficient (Wildman–Crippen LogP) is 0.299. The summed E-state index contributed by atoms with van der Waals surface area (Å²) >= 11 is -1.75. The maximum atomic E-state index is 11.7. The van der Waals surface area contributed by atoms with Gasteiger partial charge in [0.2, 0.25) is 0 Å². The van der Waals surface area contributed by atoms with Crippen molar-refractivity contribution < 1.29 is 8.76 Å². The molecule has 106 valence electrons. The Labute approximate surface area is 112 Å². The maximum absolute atomic E-state index is 11.7. The minimum Gasteiger partial charge on any atom is -0.328 e. The van der Waals surface area contributed by atoms with Crippen LogP contribution in [0.1, 0.15) is 25.7 Å². The van der Waals surface area contributed by atoms with Crippen LogP contribution >= 0.6 is 0 Å². The zero-order valence-corrected chi connectivity index (χ0v) is 11.9. The molecule has 5 nitrogen and oxygen atoms in total. The van der Waals surface area contributed by atoms with E-state index in [9.17, 15) is 8.76 Å². The van der Waals surface area contributed by atoms with Gasteiger partial charge in [-0.3, -0.25) is 4.90 Å². The summed E-state index contributed by atoms with van der Waals surface area (Å²) in [5, 5.41) is -0.189. The molecule has 0 aromatic heterocycles. The molecule has 3 N–H and O–H groups in total. The second kappa shape index (κ2) is 6.43. The molecule has 1 heterocycles. The zero-order valence-electron chi connectivity index (χ0n) is 11.1. The Kier molecular flexibility index (Phi) is 5.14. The second-order valence-corrected chi connectivity index (χ2v) is 6.72. The van der Waals surface area contributed by atoms with Crippen molar-refractivity contribution in [2.75, 3.05) is 33.2 Å². The molecule has 0 spiro atoms. The first kappa shape index (κ1) is 14.4. The molecule has 2 rings (SSSR count). The van der Waals surface area contributed by atoms with Crippen LogP contribution in [0.3, 0.4) is 0 Å². The molecular weight excluding hydrogens is 250 g/mol. The largest absolute Gasteiger partial charge is 0.328 e. The second-order valence-electron chi connectivity index (χ2n) is 5.68. The fraction of sp³-hybridized carbons (Fsp3) is 1.00. The highest BCUT2D eigenvalue weighted by Gasteiger charge is 2.35. The van der Waals surface area contributed by atoms with Crippen LogP contribution in [0.4, 0.5) is 0 Å². The van der Waals surface area contributed by atoms with Gasteiger partial charge in [-0.05, 0) is 38.6 Å². The molecule has 0 bridgehead atoms. The van der Waals surface area contributed by atoms with Crippen molar-refractivity contribution in [3.8, 4) is 0 Å². The van der Waals surface area contributed by atoms with E-state index in [0.29, 0.717) is 12.0 Å². The SMILES string of the molecule is CN1CCN(C(C2CCC(N)CC2)S(=O)O)CC1. The summed E-state index contributed by atoms with van der Waals surface area (Å²) in [6, 6.07) is 0.293. The van der Waals surface area contributed by atoms with Gasteiger partial charge in [-0.1, -0.05) is 0 Å². The van der Waals surface area contributed by atoms with E-state index in [4.69, 9.17) is 5.73 Å². The average Bonchev–Trinajstić information content (AvgIpc) is 2.34. The standard InChI is InChI=1S/C12H25N3O2S/c1-14-6-8-15(9-7-14)12(18(16)17)10-2-4-11(13)5-3-10/h10-12H,2-9,13H2,1H3,(H,16,17). The van der Waals surface area contributed by atoms with Crippen LogP contribution in [0.2, 0.25) is 0 Å². The Hall–Kier alpha value is -0.0100. The number of rotatable bonds is 3. The molecule has 6 heteroatoms. The minimum absolute atomic E-state index is 0.189. The Morgan fingerprint density at radius 1 is 1.17 bits per heavy atom. The number of nitrogens with two attached hydrogens (primary N) is 1. The smallest absolute Gasteiger partial charge is 0.171 e. The Bertz CT molecular complexity index is 265. The predicted molar refractivity (Wildman–Crippen MR) is 73.6 cm³/mol. The minimum atomic E-state index is -1.75. The number of hydrogen-bond donors (Lipinski definition) is 2. The quantitative estimate of drug-likeness (QED) is 0.725. The number of nitrogens with zero attached hydrogens (tertiary/aromatic N) is 2. The molecule has 1 aliphatic heterocycles. The van der Waals surface area contributed by atoms with E-state index in [0.717, 1.165) is 51.9 Å². The summed E-state index contributed by atoms with van der Waals surface area (Å²) < 4.78 is 21.3. The van der Waals surface area contributed by atoms with Crippen molar-refractivity contribution in [2.45, 2.75) is 37.1 Å². The molecule has 2 aliphatic rings. The van der Waals surface area contributed by atoms with E-state index in [2.05, 4.69) is 16.8 Å². The van der Waals surface area contributed by atoms with Gasteiger partial charge in [0.1, 0.15) is 5.37 Å².